The predicted molar refractivity (Wildman–Crippen MR) is 82.3 cm³/mol. The number of alkyl halides is 1. The molecule has 0 spiro atoms. The van der Waals surface area contributed by atoms with E-state index in [-0.39, 0.29) is 5.41 Å². The molecule has 1 aliphatic heterocycles. The number of rotatable bonds is 5. The van der Waals surface area contributed by atoms with E-state index in [0.717, 1.165) is 43.7 Å². The topological polar surface area (TPSA) is 18.5 Å². The molecule has 0 saturated carbocycles. The number of hydrogen-bond donors (Lipinski definition) is 0. The third-order valence-electron chi connectivity index (χ3n) is 3.91. The van der Waals surface area contributed by atoms with Crippen LogP contribution in [0.25, 0.3) is 0 Å². The zero-order chi connectivity index (χ0) is 13.7. The molecule has 0 radical (unpaired) electrons. The lowest BCUT2D eigenvalue weighted by Crippen LogP contribution is -2.36. The minimum absolute atomic E-state index is 0.225. The molecule has 1 heterocycles. The van der Waals surface area contributed by atoms with Gasteiger partial charge in [0.15, 0.2) is 0 Å². The van der Waals surface area contributed by atoms with Gasteiger partial charge in [-0.05, 0) is 30.4 Å². The van der Waals surface area contributed by atoms with Gasteiger partial charge in [0, 0.05) is 24.0 Å². The Morgan fingerprint density at radius 3 is 2.58 bits per heavy atom. The van der Waals surface area contributed by atoms with Crippen LogP contribution in [0.15, 0.2) is 24.3 Å². The smallest absolute Gasteiger partial charge is 0.122 e. The number of para-hydroxylation sites is 1. The minimum atomic E-state index is 0.225. The standard InChI is InChI=1S/C16H23BrO2/c1-13(2)14-5-3-4-6-15(14)19-12-16(11-17)7-9-18-10-8-16/h3-6,13H,7-12H2,1-2H3. The normalized spacial score (nSPS) is 18.5. The highest BCUT2D eigenvalue weighted by atomic mass is 79.9. The monoisotopic (exact) mass is 326 g/mol. The second-order valence-corrected chi connectivity index (χ2v) is 6.29. The van der Waals surface area contributed by atoms with Crippen LogP contribution < -0.4 is 4.74 Å². The van der Waals surface area contributed by atoms with Crippen molar-refractivity contribution < 1.29 is 9.47 Å². The Morgan fingerprint density at radius 2 is 1.95 bits per heavy atom. The summed E-state index contributed by atoms with van der Waals surface area (Å²) in [5, 5.41) is 0.979. The van der Waals surface area contributed by atoms with Gasteiger partial charge in [0.25, 0.3) is 0 Å². The highest BCUT2D eigenvalue weighted by molar-refractivity contribution is 9.09. The van der Waals surface area contributed by atoms with Crippen molar-refractivity contribution in [1.29, 1.82) is 0 Å². The van der Waals surface area contributed by atoms with E-state index in [1.54, 1.807) is 0 Å². The van der Waals surface area contributed by atoms with Crippen LogP contribution in [0, 0.1) is 5.41 Å². The summed E-state index contributed by atoms with van der Waals surface area (Å²) < 4.78 is 11.6. The van der Waals surface area contributed by atoms with E-state index in [4.69, 9.17) is 9.47 Å². The molecule has 0 N–H and O–H groups in total. The predicted octanol–water partition coefficient (Wildman–Crippen LogP) is 4.38. The van der Waals surface area contributed by atoms with Crippen LogP contribution in [-0.2, 0) is 4.74 Å². The first-order chi connectivity index (χ1) is 9.17. The third kappa shape index (κ3) is 3.73. The van der Waals surface area contributed by atoms with Crippen LogP contribution in [0.3, 0.4) is 0 Å². The molecule has 1 aliphatic rings. The van der Waals surface area contributed by atoms with Crippen molar-refractivity contribution in [2.45, 2.75) is 32.6 Å². The Morgan fingerprint density at radius 1 is 1.26 bits per heavy atom. The maximum absolute atomic E-state index is 6.15. The molecule has 106 valence electrons. The molecule has 0 bridgehead atoms. The van der Waals surface area contributed by atoms with E-state index in [2.05, 4.69) is 48.0 Å². The number of hydrogen-bond acceptors (Lipinski definition) is 2. The Labute approximate surface area is 124 Å². The molecular formula is C16H23BrO2. The quantitative estimate of drug-likeness (QED) is 0.747. The van der Waals surface area contributed by atoms with Crippen LogP contribution in [0.4, 0.5) is 0 Å². The van der Waals surface area contributed by atoms with Gasteiger partial charge in [-0.1, -0.05) is 48.0 Å². The van der Waals surface area contributed by atoms with Crippen LogP contribution in [0.1, 0.15) is 38.2 Å². The fourth-order valence-electron chi connectivity index (χ4n) is 2.44. The number of ether oxygens (including phenoxy) is 2. The first-order valence-electron chi connectivity index (χ1n) is 7.02. The first-order valence-corrected chi connectivity index (χ1v) is 8.14. The van der Waals surface area contributed by atoms with E-state index < -0.39 is 0 Å². The van der Waals surface area contributed by atoms with E-state index >= 15 is 0 Å². The van der Waals surface area contributed by atoms with Crippen LogP contribution in [0.5, 0.6) is 5.75 Å². The van der Waals surface area contributed by atoms with Gasteiger partial charge in [-0.25, -0.2) is 0 Å². The van der Waals surface area contributed by atoms with Crippen molar-refractivity contribution in [3.05, 3.63) is 29.8 Å². The van der Waals surface area contributed by atoms with Crippen LogP contribution >= 0.6 is 15.9 Å². The van der Waals surface area contributed by atoms with E-state index in [1.165, 1.54) is 5.56 Å². The van der Waals surface area contributed by atoms with Crippen LogP contribution in [0.2, 0.25) is 0 Å². The average Bonchev–Trinajstić information content (AvgIpc) is 2.46. The Kier molecular flexibility index (Phi) is 5.28. The molecule has 2 rings (SSSR count). The van der Waals surface area contributed by atoms with E-state index in [1.807, 2.05) is 6.07 Å². The van der Waals surface area contributed by atoms with Gasteiger partial charge < -0.3 is 9.47 Å². The molecule has 1 fully saturated rings. The fraction of sp³-hybridized carbons (Fsp3) is 0.625. The molecule has 1 aromatic rings. The summed E-state index contributed by atoms with van der Waals surface area (Å²) in [6, 6.07) is 8.37. The molecule has 0 aliphatic carbocycles. The van der Waals surface area contributed by atoms with Gasteiger partial charge >= 0.3 is 0 Å². The summed E-state index contributed by atoms with van der Waals surface area (Å²) in [7, 11) is 0. The minimum Gasteiger partial charge on any atom is -0.493 e. The van der Waals surface area contributed by atoms with Crippen molar-refractivity contribution in [1.82, 2.24) is 0 Å². The fourth-order valence-corrected chi connectivity index (χ4v) is 3.16. The van der Waals surface area contributed by atoms with Gasteiger partial charge in [0.2, 0.25) is 0 Å². The molecule has 2 nitrogen and oxygen atoms in total. The van der Waals surface area contributed by atoms with E-state index in [9.17, 15) is 0 Å². The Hall–Kier alpha value is -0.540. The van der Waals surface area contributed by atoms with Gasteiger partial charge in [0.05, 0.1) is 6.61 Å². The molecule has 1 saturated heterocycles. The molecule has 0 atom stereocenters. The lowest BCUT2D eigenvalue weighted by molar-refractivity contribution is 0.00334. The molecular weight excluding hydrogens is 304 g/mol. The number of halogens is 1. The van der Waals surface area contributed by atoms with Crippen molar-refractivity contribution in [2.24, 2.45) is 5.41 Å². The summed E-state index contributed by atoms with van der Waals surface area (Å²) in [6.07, 6.45) is 2.14. The number of benzene rings is 1. The molecule has 0 aromatic heterocycles. The van der Waals surface area contributed by atoms with E-state index in [0.29, 0.717) is 5.92 Å². The summed E-state index contributed by atoms with van der Waals surface area (Å²) in [5.74, 6) is 1.52. The highest BCUT2D eigenvalue weighted by Crippen LogP contribution is 2.34. The van der Waals surface area contributed by atoms with Crippen molar-refractivity contribution in [2.75, 3.05) is 25.2 Å². The maximum atomic E-state index is 6.15. The van der Waals surface area contributed by atoms with Crippen LogP contribution in [-0.4, -0.2) is 25.2 Å². The zero-order valence-electron chi connectivity index (χ0n) is 11.8. The van der Waals surface area contributed by atoms with Gasteiger partial charge in [-0.15, -0.1) is 0 Å². The average molecular weight is 327 g/mol. The molecule has 0 amide bonds. The third-order valence-corrected chi connectivity index (χ3v) is 5.10. The summed E-state index contributed by atoms with van der Waals surface area (Å²) in [4.78, 5) is 0. The molecule has 3 heteroatoms. The molecule has 1 aromatic carbocycles. The van der Waals surface area contributed by atoms with Gasteiger partial charge in [-0.2, -0.15) is 0 Å². The van der Waals surface area contributed by atoms with Crippen molar-refractivity contribution >= 4 is 15.9 Å². The Bertz CT molecular complexity index is 397. The lowest BCUT2D eigenvalue weighted by Gasteiger charge is -2.35. The second kappa shape index (κ2) is 6.76. The summed E-state index contributed by atoms with van der Waals surface area (Å²) in [6.45, 7) is 6.88. The SMILES string of the molecule is CC(C)c1ccccc1OCC1(CBr)CCOCC1. The van der Waals surface area contributed by atoms with Gasteiger partial charge in [0.1, 0.15) is 5.75 Å². The summed E-state index contributed by atoms with van der Waals surface area (Å²) >= 11 is 3.65. The van der Waals surface area contributed by atoms with Crippen molar-refractivity contribution in [3.63, 3.8) is 0 Å². The molecule has 0 unspecified atom stereocenters. The highest BCUT2D eigenvalue weighted by Gasteiger charge is 2.32. The van der Waals surface area contributed by atoms with Crippen molar-refractivity contribution in [3.8, 4) is 5.75 Å². The zero-order valence-corrected chi connectivity index (χ0v) is 13.4. The lowest BCUT2D eigenvalue weighted by atomic mass is 9.83. The largest absolute Gasteiger partial charge is 0.493 e. The molecule has 19 heavy (non-hydrogen) atoms. The summed E-state index contributed by atoms with van der Waals surface area (Å²) in [5.41, 5.74) is 1.52. The second-order valence-electron chi connectivity index (χ2n) is 5.73. The van der Waals surface area contributed by atoms with Gasteiger partial charge in [-0.3, -0.25) is 0 Å². The first kappa shape index (κ1) is 14.9. The maximum Gasteiger partial charge on any atom is 0.122 e. The Balaban J connectivity index is 2.05.